The van der Waals surface area contributed by atoms with E-state index >= 15 is 0 Å². The number of nitrogens with zero attached hydrogens (tertiary/aromatic N) is 1. The normalized spacial score (nSPS) is 24.4. The van der Waals surface area contributed by atoms with E-state index in [1.165, 1.54) is 0 Å². The van der Waals surface area contributed by atoms with Crippen molar-refractivity contribution < 1.29 is 4.79 Å². The van der Waals surface area contributed by atoms with Gasteiger partial charge in [-0.1, -0.05) is 23.2 Å². The van der Waals surface area contributed by atoms with Crippen molar-refractivity contribution in [2.45, 2.75) is 37.8 Å². The number of hydrogen-bond acceptors (Lipinski definition) is 3. The molecule has 3 nitrogen and oxygen atoms in total. The Morgan fingerprint density at radius 2 is 1.95 bits per heavy atom. The van der Waals surface area contributed by atoms with Crippen molar-refractivity contribution in [1.29, 1.82) is 0 Å². The summed E-state index contributed by atoms with van der Waals surface area (Å²) in [5, 5.41) is 4.45. The van der Waals surface area contributed by atoms with Gasteiger partial charge in [-0.15, -0.1) is 0 Å². The number of benzene rings is 1. The Kier molecular flexibility index (Phi) is 4.85. The van der Waals surface area contributed by atoms with Crippen LogP contribution in [0, 0.1) is 0 Å². The Bertz CT molecular complexity index is 529. The Labute approximate surface area is 135 Å². The minimum absolute atomic E-state index is 0.0379. The van der Waals surface area contributed by atoms with Crippen LogP contribution in [0.4, 0.5) is 0 Å². The molecule has 0 amide bonds. The lowest BCUT2D eigenvalue weighted by atomic mass is 9.98. The molecule has 21 heavy (non-hydrogen) atoms. The van der Waals surface area contributed by atoms with Crippen molar-refractivity contribution in [1.82, 2.24) is 10.2 Å². The molecular weight excluding hydrogens is 307 g/mol. The van der Waals surface area contributed by atoms with Gasteiger partial charge in [-0.25, -0.2) is 0 Å². The van der Waals surface area contributed by atoms with Crippen molar-refractivity contribution in [3.8, 4) is 0 Å². The summed E-state index contributed by atoms with van der Waals surface area (Å²) in [4.78, 5) is 15.3. The summed E-state index contributed by atoms with van der Waals surface area (Å²) in [5.74, 6) is 0.124. The molecule has 2 heterocycles. The van der Waals surface area contributed by atoms with Gasteiger partial charge in [0.15, 0.2) is 5.78 Å². The molecule has 1 aromatic carbocycles. The van der Waals surface area contributed by atoms with E-state index in [2.05, 4.69) is 10.2 Å². The van der Waals surface area contributed by atoms with E-state index in [1.54, 1.807) is 18.2 Å². The van der Waals surface area contributed by atoms with Crippen LogP contribution in [0.15, 0.2) is 18.2 Å². The molecule has 0 aromatic heterocycles. The lowest BCUT2D eigenvalue weighted by molar-refractivity contribution is 0.0784. The van der Waals surface area contributed by atoms with Crippen LogP contribution < -0.4 is 5.32 Å². The number of rotatable bonds is 3. The highest BCUT2D eigenvalue weighted by Crippen LogP contribution is 2.30. The summed E-state index contributed by atoms with van der Waals surface area (Å²) in [6, 6.07) is 5.61. The van der Waals surface area contributed by atoms with Crippen LogP contribution in [0.5, 0.6) is 0 Å². The molecule has 1 atom stereocenters. The predicted octanol–water partition coefficient (Wildman–Crippen LogP) is 3.39. The van der Waals surface area contributed by atoms with E-state index in [9.17, 15) is 4.79 Å². The van der Waals surface area contributed by atoms with E-state index in [-0.39, 0.29) is 11.8 Å². The van der Waals surface area contributed by atoms with E-state index in [0.717, 1.165) is 45.3 Å². The van der Waals surface area contributed by atoms with E-state index in [1.807, 2.05) is 0 Å². The first-order valence-electron chi connectivity index (χ1n) is 7.62. The lowest BCUT2D eigenvalue weighted by Crippen LogP contribution is -2.47. The molecule has 0 saturated carbocycles. The van der Waals surface area contributed by atoms with Crippen LogP contribution in [0.25, 0.3) is 0 Å². The molecule has 1 aromatic rings. The topological polar surface area (TPSA) is 32.3 Å². The number of likely N-dealkylation sites (tertiary alicyclic amines) is 1. The molecule has 5 heteroatoms. The van der Waals surface area contributed by atoms with E-state index in [0.29, 0.717) is 21.7 Å². The van der Waals surface area contributed by atoms with Crippen molar-refractivity contribution in [3.63, 3.8) is 0 Å². The highest BCUT2D eigenvalue weighted by Gasteiger charge is 2.36. The van der Waals surface area contributed by atoms with Crippen LogP contribution in [-0.2, 0) is 0 Å². The lowest BCUT2D eigenvalue weighted by Gasteiger charge is -2.35. The average molecular weight is 327 g/mol. The fourth-order valence-electron chi connectivity index (χ4n) is 3.51. The molecule has 0 radical (unpaired) electrons. The van der Waals surface area contributed by atoms with Crippen molar-refractivity contribution in [2.75, 3.05) is 19.6 Å². The van der Waals surface area contributed by atoms with Crippen molar-refractivity contribution in [3.05, 3.63) is 33.8 Å². The first-order valence-corrected chi connectivity index (χ1v) is 8.38. The Hall–Kier alpha value is -0.610. The Morgan fingerprint density at radius 1 is 1.19 bits per heavy atom. The fraction of sp³-hybridized carbons (Fsp3) is 0.562. The highest BCUT2D eigenvalue weighted by molar-refractivity contribution is 6.36. The van der Waals surface area contributed by atoms with Crippen LogP contribution in [0.1, 0.15) is 36.0 Å². The van der Waals surface area contributed by atoms with Crippen LogP contribution in [0.3, 0.4) is 0 Å². The highest BCUT2D eigenvalue weighted by atomic mass is 35.5. The molecule has 0 aliphatic carbocycles. The van der Waals surface area contributed by atoms with Crippen molar-refractivity contribution >= 4 is 29.0 Å². The van der Waals surface area contributed by atoms with Gasteiger partial charge in [-0.2, -0.15) is 0 Å². The number of carbonyl (C=O) groups is 1. The zero-order chi connectivity index (χ0) is 14.8. The van der Waals surface area contributed by atoms with Crippen LogP contribution in [0.2, 0.25) is 10.0 Å². The first kappa shape index (κ1) is 15.3. The van der Waals surface area contributed by atoms with Gasteiger partial charge < -0.3 is 5.32 Å². The second-order valence-electron chi connectivity index (χ2n) is 5.87. The summed E-state index contributed by atoms with van der Waals surface area (Å²) in [6.07, 6.45) is 4.24. The molecule has 114 valence electrons. The molecule has 2 fully saturated rings. The Balaban J connectivity index is 1.80. The van der Waals surface area contributed by atoms with Gasteiger partial charge in [-0.05, 0) is 63.5 Å². The zero-order valence-corrected chi connectivity index (χ0v) is 13.5. The standard InChI is InChI=1S/C16H20Cl2N2O/c17-11-3-4-14(18)13(10-11)16(21)15-2-1-9-20(15)12-5-7-19-8-6-12/h3-4,10,12,15,19H,1-2,5-9H2. The van der Waals surface area contributed by atoms with E-state index in [4.69, 9.17) is 23.2 Å². The number of carbonyl (C=O) groups excluding carboxylic acids is 1. The van der Waals surface area contributed by atoms with Gasteiger partial charge in [0, 0.05) is 16.6 Å². The van der Waals surface area contributed by atoms with Gasteiger partial charge in [0.1, 0.15) is 0 Å². The maximum absolute atomic E-state index is 12.9. The average Bonchev–Trinajstić information content (AvgIpc) is 2.99. The smallest absolute Gasteiger partial charge is 0.181 e. The van der Waals surface area contributed by atoms with Gasteiger partial charge in [0.2, 0.25) is 0 Å². The number of ketones is 1. The first-order chi connectivity index (χ1) is 10.2. The van der Waals surface area contributed by atoms with Gasteiger partial charge in [0.05, 0.1) is 11.1 Å². The molecular formula is C16H20Cl2N2O. The number of piperidine rings is 1. The number of Topliss-reactive ketones (excluding diaryl/α,β-unsaturated/α-hetero) is 1. The summed E-state index contributed by atoms with van der Waals surface area (Å²) >= 11 is 12.2. The molecule has 1 unspecified atom stereocenters. The third kappa shape index (κ3) is 3.26. The second-order valence-corrected chi connectivity index (χ2v) is 6.71. The maximum Gasteiger partial charge on any atom is 0.181 e. The molecule has 2 aliphatic heterocycles. The predicted molar refractivity (Wildman–Crippen MR) is 86.4 cm³/mol. The number of nitrogens with one attached hydrogen (secondary N) is 1. The largest absolute Gasteiger partial charge is 0.317 e. The van der Waals surface area contributed by atoms with Gasteiger partial charge >= 0.3 is 0 Å². The third-order valence-corrected chi connectivity index (χ3v) is 5.13. The molecule has 2 aliphatic rings. The van der Waals surface area contributed by atoms with E-state index < -0.39 is 0 Å². The Morgan fingerprint density at radius 3 is 2.71 bits per heavy atom. The number of hydrogen-bond donors (Lipinski definition) is 1. The van der Waals surface area contributed by atoms with Gasteiger partial charge in [-0.3, -0.25) is 9.69 Å². The molecule has 0 bridgehead atoms. The quantitative estimate of drug-likeness (QED) is 0.864. The third-order valence-electron chi connectivity index (χ3n) is 4.57. The second kappa shape index (κ2) is 6.66. The summed E-state index contributed by atoms with van der Waals surface area (Å²) in [7, 11) is 0. The fourth-order valence-corrected chi connectivity index (χ4v) is 3.89. The number of halogens is 2. The van der Waals surface area contributed by atoms with Crippen LogP contribution in [-0.4, -0.2) is 42.4 Å². The summed E-state index contributed by atoms with van der Waals surface area (Å²) in [6.45, 7) is 3.10. The van der Waals surface area contributed by atoms with Gasteiger partial charge in [0.25, 0.3) is 0 Å². The molecule has 0 spiro atoms. The zero-order valence-electron chi connectivity index (χ0n) is 11.9. The maximum atomic E-state index is 12.9. The van der Waals surface area contributed by atoms with Crippen molar-refractivity contribution in [2.24, 2.45) is 0 Å². The summed E-state index contributed by atoms with van der Waals surface area (Å²) in [5.41, 5.74) is 0.565. The molecule has 2 saturated heterocycles. The SMILES string of the molecule is O=C(c1cc(Cl)ccc1Cl)C1CCCN1C1CCNCC1. The monoisotopic (exact) mass is 326 g/mol. The minimum Gasteiger partial charge on any atom is -0.317 e. The summed E-state index contributed by atoms with van der Waals surface area (Å²) < 4.78 is 0. The minimum atomic E-state index is -0.0379. The van der Waals surface area contributed by atoms with Crippen LogP contribution >= 0.6 is 23.2 Å². The molecule has 3 rings (SSSR count). The molecule has 1 N–H and O–H groups in total.